The molecule has 17 heavy (non-hydrogen) atoms. The Kier molecular flexibility index (Phi) is 4.97. The average Bonchev–Trinajstić information content (AvgIpc) is 2.34. The van der Waals surface area contributed by atoms with Crippen molar-refractivity contribution in [1.29, 1.82) is 10.5 Å². The topological polar surface area (TPSA) is 63.7 Å². The molecule has 0 fully saturated rings. The summed E-state index contributed by atoms with van der Waals surface area (Å²) < 4.78 is 0. The maximum Gasteiger partial charge on any atom is 0.129 e. The summed E-state index contributed by atoms with van der Waals surface area (Å²) in [6.45, 7) is 5.72. The highest BCUT2D eigenvalue weighted by Crippen LogP contribution is 2.14. The molecule has 0 spiro atoms. The molecule has 0 saturated carbocycles. The lowest BCUT2D eigenvalue weighted by Gasteiger charge is -2.24. The van der Waals surface area contributed by atoms with E-state index in [0.29, 0.717) is 24.4 Å². The van der Waals surface area contributed by atoms with Gasteiger partial charge in [0.25, 0.3) is 0 Å². The molecule has 4 heteroatoms. The van der Waals surface area contributed by atoms with Gasteiger partial charge < -0.3 is 4.90 Å². The minimum absolute atomic E-state index is 0.463. The molecule has 0 unspecified atom stereocenters. The van der Waals surface area contributed by atoms with Gasteiger partial charge in [-0.05, 0) is 18.1 Å². The zero-order valence-corrected chi connectivity index (χ0v) is 10.2. The van der Waals surface area contributed by atoms with Crippen LogP contribution in [0.25, 0.3) is 0 Å². The molecule has 1 rings (SSSR count). The molecule has 0 aromatic carbocycles. The van der Waals surface area contributed by atoms with Gasteiger partial charge in [-0.25, -0.2) is 4.98 Å². The van der Waals surface area contributed by atoms with Crippen LogP contribution in [0.3, 0.4) is 0 Å². The summed E-state index contributed by atoms with van der Waals surface area (Å²) in [5.41, 5.74) is 0.598. The molecule has 0 aliphatic rings. The number of pyridine rings is 1. The molecule has 0 bridgehead atoms. The molecule has 1 aromatic heterocycles. The number of nitriles is 2. The minimum atomic E-state index is 0.463. The van der Waals surface area contributed by atoms with Crippen LogP contribution >= 0.6 is 0 Å². The van der Waals surface area contributed by atoms with E-state index in [0.717, 1.165) is 12.4 Å². The molecule has 0 N–H and O–H groups in total. The van der Waals surface area contributed by atoms with Crippen molar-refractivity contribution in [2.24, 2.45) is 5.92 Å². The van der Waals surface area contributed by atoms with Crippen LogP contribution in [0.15, 0.2) is 18.3 Å². The maximum atomic E-state index is 8.85. The van der Waals surface area contributed by atoms with E-state index in [2.05, 4.69) is 35.9 Å². The van der Waals surface area contributed by atoms with E-state index in [4.69, 9.17) is 10.5 Å². The molecule has 0 saturated heterocycles. The summed E-state index contributed by atoms with van der Waals surface area (Å²) in [6.07, 6.45) is 2.10. The number of nitrogens with zero attached hydrogens (tertiary/aromatic N) is 4. The fourth-order valence-corrected chi connectivity index (χ4v) is 1.59. The van der Waals surface area contributed by atoms with E-state index in [1.165, 1.54) is 0 Å². The zero-order chi connectivity index (χ0) is 12.7. The molecule has 1 aromatic rings. The fourth-order valence-electron chi connectivity index (χ4n) is 1.59. The van der Waals surface area contributed by atoms with Crippen molar-refractivity contribution in [1.82, 2.24) is 4.98 Å². The summed E-state index contributed by atoms with van der Waals surface area (Å²) in [5, 5.41) is 17.5. The third-order valence-electron chi connectivity index (χ3n) is 2.28. The average molecular weight is 228 g/mol. The van der Waals surface area contributed by atoms with Crippen LogP contribution < -0.4 is 4.90 Å². The number of aromatic nitrogens is 1. The van der Waals surface area contributed by atoms with E-state index in [1.54, 1.807) is 18.3 Å². The SMILES string of the molecule is CC(C)CN(CCC#N)c1cc(C#N)ccn1. The number of rotatable bonds is 5. The Morgan fingerprint density at radius 1 is 1.41 bits per heavy atom. The van der Waals surface area contributed by atoms with Crippen molar-refractivity contribution in [2.75, 3.05) is 18.0 Å². The predicted molar refractivity (Wildman–Crippen MR) is 66.2 cm³/mol. The first-order valence-corrected chi connectivity index (χ1v) is 5.65. The molecule has 4 nitrogen and oxygen atoms in total. The Bertz CT molecular complexity index is 439. The maximum absolute atomic E-state index is 8.85. The van der Waals surface area contributed by atoms with E-state index in [1.807, 2.05) is 0 Å². The van der Waals surface area contributed by atoms with Crippen molar-refractivity contribution in [2.45, 2.75) is 20.3 Å². The molecule has 0 amide bonds. The van der Waals surface area contributed by atoms with Crippen LogP contribution in [0.1, 0.15) is 25.8 Å². The second-order valence-electron chi connectivity index (χ2n) is 4.26. The van der Waals surface area contributed by atoms with Gasteiger partial charge in [-0.15, -0.1) is 0 Å². The molecule has 0 aliphatic carbocycles. The lowest BCUT2D eigenvalue weighted by Crippen LogP contribution is -2.29. The lowest BCUT2D eigenvalue weighted by atomic mass is 10.2. The van der Waals surface area contributed by atoms with Gasteiger partial charge in [-0.2, -0.15) is 10.5 Å². The summed E-state index contributed by atoms with van der Waals surface area (Å²) in [7, 11) is 0. The first-order chi connectivity index (χ1) is 8.17. The van der Waals surface area contributed by atoms with Crippen LogP contribution in [0.2, 0.25) is 0 Å². The Morgan fingerprint density at radius 3 is 2.76 bits per heavy atom. The fraction of sp³-hybridized carbons (Fsp3) is 0.462. The van der Waals surface area contributed by atoms with Crippen LogP contribution in [0.5, 0.6) is 0 Å². The van der Waals surface area contributed by atoms with Crippen molar-refractivity contribution in [3.63, 3.8) is 0 Å². The van der Waals surface area contributed by atoms with Crippen molar-refractivity contribution in [3.05, 3.63) is 23.9 Å². The van der Waals surface area contributed by atoms with Gasteiger partial charge in [0.2, 0.25) is 0 Å². The Labute approximate surface area is 102 Å². The van der Waals surface area contributed by atoms with Crippen LogP contribution in [-0.2, 0) is 0 Å². The second kappa shape index (κ2) is 6.50. The monoisotopic (exact) mass is 228 g/mol. The van der Waals surface area contributed by atoms with Gasteiger partial charge >= 0.3 is 0 Å². The predicted octanol–water partition coefficient (Wildman–Crippen LogP) is 2.33. The van der Waals surface area contributed by atoms with E-state index >= 15 is 0 Å². The zero-order valence-electron chi connectivity index (χ0n) is 10.2. The van der Waals surface area contributed by atoms with E-state index in [9.17, 15) is 0 Å². The van der Waals surface area contributed by atoms with Gasteiger partial charge in [0.05, 0.1) is 24.1 Å². The van der Waals surface area contributed by atoms with Gasteiger partial charge in [-0.1, -0.05) is 13.8 Å². The number of hydrogen-bond acceptors (Lipinski definition) is 4. The molecule has 0 radical (unpaired) electrons. The van der Waals surface area contributed by atoms with Gasteiger partial charge in [0.1, 0.15) is 5.82 Å². The largest absolute Gasteiger partial charge is 0.355 e. The second-order valence-corrected chi connectivity index (χ2v) is 4.26. The molecule has 0 atom stereocenters. The summed E-state index contributed by atoms with van der Waals surface area (Å²) in [4.78, 5) is 6.31. The Morgan fingerprint density at radius 2 is 2.18 bits per heavy atom. The quantitative estimate of drug-likeness (QED) is 0.775. The molecular formula is C13H16N4. The molecule has 1 heterocycles. The smallest absolute Gasteiger partial charge is 0.129 e. The normalized spacial score (nSPS) is 9.71. The molecular weight excluding hydrogens is 212 g/mol. The molecule has 0 aliphatic heterocycles. The van der Waals surface area contributed by atoms with Crippen LogP contribution in [-0.4, -0.2) is 18.1 Å². The van der Waals surface area contributed by atoms with Crippen molar-refractivity contribution >= 4 is 5.82 Å². The van der Waals surface area contributed by atoms with Crippen molar-refractivity contribution in [3.8, 4) is 12.1 Å². The standard InChI is InChI=1S/C13H16N4/c1-11(2)10-17(7-3-5-14)13-8-12(9-15)4-6-16-13/h4,6,8,11H,3,7,10H2,1-2H3. The number of hydrogen-bond donors (Lipinski definition) is 0. The van der Waals surface area contributed by atoms with Crippen LogP contribution in [0.4, 0.5) is 5.82 Å². The third-order valence-corrected chi connectivity index (χ3v) is 2.28. The summed E-state index contributed by atoms with van der Waals surface area (Å²) >= 11 is 0. The summed E-state index contributed by atoms with van der Waals surface area (Å²) in [5.74, 6) is 1.26. The van der Waals surface area contributed by atoms with Crippen LogP contribution in [0, 0.1) is 28.6 Å². The Hall–Kier alpha value is -2.07. The van der Waals surface area contributed by atoms with E-state index < -0.39 is 0 Å². The van der Waals surface area contributed by atoms with Crippen molar-refractivity contribution < 1.29 is 0 Å². The van der Waals surface area contributed by atoms with Gasteiger partial charge in [-0.3, -0.25) is 0 Å². The highest BCUT2D eigenvalue weighted by molar-refractivity contribution is 5.45. The van der Waals surface area contributed by atoms with E-state index in [-0.39, 0.29) is 0 Å². The minimum Gasteiger partial charge on any atom is -0.355 e. The summed E-state index contributed by atoms with van der Waals surface area (Å²) in [6, 6.07) is 7.68. The molecule has 88 valence electrons. The van der Waals surface area contributed by atoms with Gasteiger partial charge in [0.15, 0.2) is 0 Å². The lowest BCUT2D eigenvalue weighted by molar-refractivity contribution is 0.608. The number of anilines is 1. The first kappa shape index (κ1) is 13.0. The third kappa shape index (κ3) is 4.12. The van der Waals surface area contributed by atoms with Gasteiger partial charge in [0, 0.05) is 19.3 Å². The highest BCUT2D eigenvalue weighted by atomic mass is 15.2. The first-order valence-electron chi connectivity index (χ1n) is 5.65. The highest BCUT2D eigenvalue weighted by Gasteiger charge is 2.10. The Balaban J connectivity index is 2.88.